The molecular weight excluding hydrogens is 284 g/mol. The highest BCUT2D eigenvalue weighted by atomic mass is 79.9. The lowest BCUT2D eigenvalue weighted by molar-refractivity contribution is 0.0382. The first-order valence-corrected chi connectivity index (χ1v) is 6.16. The molecular formula is C12H13BrN2O2. The predicted molar refractivity (Wildman–Crippen MR) is 67.7 cm³/mol. The third-order valence-electron chi connectivity index (χ3n) is 2.79. The van der Waals surface area contributed by atoms with E-state index in [-0.39, 0.29) is 0 Å². The second-order valence-corrected chi connectivity index (χ2v) is 5.04. The molecule has 0 spiro atoms. The Labute approximate surface area is 108 Å². The molecule has 90 valence electrons. The quantitative estimate of drug-likeness (QED) is 0.894. The summed E-state index contributed by atoms with van der Waals surface area (Å²) in [5, 5.41) is 22.0. The van der Waals surface area contributed by atoms with E-state index in [9.17, 15) is 5.11 Å². The Morgan fingerprint density at radius 3 is 3.00 bits per heavy atom. The van der Waals surface area contributed by atoms with Crippen LogP contribution in [-0.2, 0) is 4.74 Å². The van der Waals surface area contributed by atoms with Gasteiger partial charge in [-0.25, -0.2) is 0 Å². The Morgan fingerprint density at radius 1 is 1.59 bits per heavy atom. The molecule has 5 heteroatoms. The number of benzene rings is 1. The number of nitrogens with zero attached hydrogens (tertiary/aromatic N) is 1. The summed E-state index contributed by atoms with van der Waals surface area (Å²) >= 11 is 3.32. The Morgan fingerprint density at radius 2 is 2.41 bits per heavy atom. The van der Waals surface area contributed by atoms with Crippen molar-refractivity contribution in [2.24, 2.45) is 0 Å². The summed E-state index contributed by atoms with van der Waals surface area (Å²) in [6, 6.07) is 7.47. The molecule has 0 aliphatic carbocycles. The van der Waals surface area contributed by atoms with Crippen LogP contribution in [0.5, 0.6) is 0 Å². The molecule has 1 fully saturated rings. The van der Waals surface area contributed by atoms with Crippen LogP contribution >= 0.6 is 15.9 Å². The van der Waals surface area contributed by atoms with Gasteiger partial charge in [-0.15, -0.1) is 0 Å². The van der Waals surface area contributed by atoms with Gasteiger partial charge in [0.15, 0.2) is 0 Å². The van der Waals surface area contributed by atoms with Gasteiger partial charge in [0.2, 0.25) is 0 Å². The van der Waals surface area contributed by atoms with Crippen LogP contribution in [0.4, 0.5) is 5.69 Å². The van der Waals surface area contributed by atoms with Gasteiger partial charge in [-0.05, 0) is 34.1 Å². The summed E-state index contributed by atoms with van der Waals surface area (Å²) in [4.78, 5) is 0. The fraction of sp³-hybridized carbons (Fsp3) is 0.417. The summed E-state index contributed by atoms with van der Waals surface area (Å²) in [5.74, 6) is 0. The van der Waals surface area contributed by atoms with E-state index in [4.69, 9.17) is 10.00 Å². The van der Waals surface area contributed by atoms with Crippen molar-refractivity contribution >= 4 is 21.6 Å². The summed E-state index contributed by atoms with van der Waals surface area (Å²) in [6.07, 6.45) is 0.650. The molecule has 2 N–H and O–H groups in total. The van der Waals surface area contributed by atoms with Gasteiger partial charge in [0.25, 0.3) is 0 Å². The van der Waals surface area contributed by atoms with Gasteiger partial charge in [0.1, 0.15) is 11.7 Å². The lowest BCUT2D eigenvalue weighted by Gasteiger charge is -2.21. The number of nitriles is 1. The van der Waals surface area contributed by atoms with E-state index in [1.807, 2.05) is 12.1 Å². The van der Waals surface area contributed by atoms with Gasteiger partial charge >= 0.3 is 0 Å². The zero-order valence-corrected chi connectivity index (χ0v) is 10.8. The molecule has 1 saturated heterocycles. The molecule has 0 amide bonds. The van der Waals surface area contributed by atoms with E-state index in [0.29, 0.717) is 31.7 Å². The van der Waals surface area contributed by atoms with Crippen LogP contribution in [0.2, 0.25) is 0 Å². The summed E-state index contributed by atoms with van der Waals surface area (Å²) in [6.45, 7) is 1.43. The second kappa shape index (κ2) is 5.05. The van der Waals surface area contributed by atoms with Crippen LogP contribution in [0.25, 0.3) is 0 Å². The second-order valence-electron chi connectivity index (χ2n) is 4.19. The molecule has 1 aliphatic heterocycles. The summed E-state index contributed by atoms with van der Waals surface area (Å²) in [5.41, 5.74) is 0.690. The van der Waals surface area contributed by atoms with Gasteiger partial charge in [0.05, 0.1) is 12.2 Å². The van der Waals surface area contributed by atoms with E-state index in [0.717, 1.165) is 10.2 Å². The Bertz CT molecular complexity index is 450. The highest BCUT2D eigenvalue weighted by Gasteiger charge is 2.31. The number of nitrogens with one attached hydrogen (secondary N) is 1. The maximum absolute atomic E-state index is 10.1. The average Bonchev–Trinajstić information content (AvgIpc) is 2.74. The van der Waals surface area contributed by atoms with Crippen molar-refractivity contribution in [3.8, 4) is 6.07 Å². The zero-order chi connectivity index (χ0) is 12.3. The zero-order valence-electron chi connectivity index (χ0n) is 9.24. The third-order valence-corrected chi connectivity index (χ3v) is 3.45. The maximum atomic E-state index is 10.1. The van der Waals surface area contributed by atoms with Gasteiger partial charge in [0, 0.05) is 29.7 Å². The van der Waals surface area contributed by atoms with Crippen LogP contribution in [0.1, 0.15) is 12.0 Å². The van der Waals surface area contributed by atoms with Crippen molar-refractivity contribution < 1.29 is 9.84 Å². The minimum absolute atomic E-state index is 0.372. The van der Waals surface area contributed by atoms with Crippen molar-refractivity contribution in [2.45, 2.75) is 12.0 Å². The van der Waals surface area contributed by atoms with Gasteiger partial charge in [-0.1, -0.05) is 0 Å². The van der Waals surface area contributed by atoms with Crippen molar-refractivity contribution in [3.63, 3.8) is 0 Å². The van der Waals surface area contributed by atoms with Crippen LogP contribution < -0.4 is 5.32 Å². The number of ether oxygens (including phenoxy) is 1. The van der Waals surface area contributed by atoms with Gasteiger partial charge < -0.3 is 15.2 Å². The first-order chi connectivity index (χ1) is 8.13. The normalized spacial score (nSPS) is 23.4. The van der Waals surface area contributed by atoms with E-state index in [1.165, 1.54) is 0 Å². The van der Waals surface area contributed by atoms with Crippen molar-refractivity contribution in [1.29, 1.82) is 5.26 Å². The lowest BCUT2D eigenvalue weighted by Crippen LogP contribution is -2.37. The van der Waals surface area contributed by atoms with Crippen LogP contribution in [0, 0.1) is 11.3 Å². The van der Waals surface area contributed by atoms with Gasteiger partial charge in [-0.3, -0.25) is 0 Å². The largest absolute Gasteiger partial charge is 0.386 e. The Kier molecular flexibility index (Phi) is 3.67. The molecule has 4 nitrogen and oxygen atoms in total. The molecule has 17 heavy (non-hydrogen) atoms. The molecule has 0 bridgehead atoms. The Balaban J connectivity index is 2.00. The molecule has 1 aromatic rings. The molecule has 0 saturated carbocycles. The van der Waals surface area contributed by atoms with Crippen LogP contribution in [0.15, 0.2) is 22.7 Å². The molecule has 0 aromatic heterocycles. The Hall–Kier alpha value is -1.09. The molecule has 1 atom stereocenters. The summed E-state index contributed by atoms with van der Waals surface area (Å²) < 4.78 is 5.92. The SMILES string of the molecule is N#Cc1ccc(NCC2(O)CCOC2)cc1Br. The maximum Gasteiger partial charge on any atom is 0.107 e. The topological polar surface area (TPSA) is 65.3 Å². The number of rotatable bonds is 3. The monoisotopic (exact) mass is 296 g/mol. The molecule has 0 radical (unpaired) electrons. The van der Waals surface area contributed by atoms with E-state index < -0.39 is 5.60 Å². The van der Waals surface area contributed by atoms with E-state index >= 15 is 0 Å². The van der Waals surface area contributed by atoms with E-state index in [2.05, 4.69) is 27.3 Å². The van der Waals surface area contributed by atoms with E-state index in [1.54, 1.807) is 6.07 Å². The predicted octanol–water partition coefficient (Wildman–Crippen LogP) is 1.88. The van der Waals surface area contributed by atoms with Crippen molar-refractivity contribution in [1.82, 2.24) is 0 Å². The number of hydrogen-bond donors (Lipinski definition) is 2. The first kappa shape index (κ1) is 12.4. The number of hydrogen-bond acceptors (Lipinski definition) is 4. The van der Waals surface area contributed by atoms with Gasteiger partial charge in [-0.2, -0.15) is 5.26 Å². The van der Waals surface area contributed by atoms with Crippen LogP contribution in [-0.4, -0.2) is 30.5 Å². The molecule has 1 aromatic carbocycles. The smallest absolute Gasteiger partial charge is 0.107 e. The minimum atomic E-state index is -0.777. The number of aliphatic hydroxyl groups is 1. The fourth-order valence-electron chi connectivity index (χ4n) is 1.72. The molecule has 1 heterocycles. The van der Waals surface area contributed by atoms with Crippen molar-refractivity contribution in [2.75, 3.05) is 25.1 Å². The molecule has 2 rings (SSSR count). The highest BCUT2D eigenvalue weighted by molar-refractivity contribution is 9.10. The molecule has 1 aliphatic rings. The standard InChI is InChI=1S/C12H13BrN2O2/c13-11-5-10(2-1-9(11)6-14)15-7-12(16)3-4-17-8-12/h1-2,5,15-16H,3-4,7-8H2. The van der Waals surface area contributed by atoms with Crippen LogP contribution in [0.3, 0.4) is 0 Å². The minimum Gasteiger partial charge on any atom is -0.386 e. The number of halogens is 1. The first-order valence-electron chi connectivity index (χ1n) is 5.37. The lowest BCUT2D eigenvalue weighted by atomic mass is 10.0. The number of anilines is 1. The molecule has 1 unspecified atom stereocenters. The third kappa shape index (κ3) is 2.97. The van der Waals surface area contributed by atoms with Crippen molar-refractivity contribution in [3.05, 3.63) is 28.2 Å². The fourth-order valence-corrected chi connectivity index (χ4v) is 2.19. The highest BCUT2D eigenvalue weighted by Crippen LogP contribution is 2.23. The average molecular weight is 297 g/mol. The summed E-state index contributed by atoms with van der Waals surface area (Å²) in [7, 11) is 0.